The first-order valence-electron chi connectivity index (χ1n) is 7.21. The molecule has 0 aromatic carbocycles. The largest absolute Gasteiger partial charge is 0.355 e. The quantitative estimate of drug-likeness (QED) is 0.923. The summed E-state index contributed by atoms with van der Waals surface area (Å²) in [6, 6.07) is 0. The van der Waals surface area contributed by atoms with Gasteiger partial charge in [-0.3, -0.25) is 4.79 Å². The van der Waals surface area contributed by atoms with Crippen LogP contribution in [0.3, 0.4) is 0 Å². The van der Waals surface area contributed by atoms with E-state index < -0.39 is 0 Å². The number of fused-ring (bicyclic) bond motifs is 1. The number of carbonyl (C=O) groups excluding carboxylic acids is 1. The minimum atomic E-state index is 0.221. The third-order valence-electron chi connectivity index (χ3n) is 4.53. The first-order chi connectivity index (χ1) is 8.97. The number of thiazole rings is 1. The number of hydrogen-bond acceptors (Lipinski definition) is 3. The second kappa shape index (κ2) is 4.58. The van der Waals surface area contributed by atoms with Crippen LogP contribution in [0.25, 0.3) is 0 Å². The number of amides is 1. The number of carbonyl (C=O) groups is 1. The monoisotopic (exact) mass is 278 g/mol. The molecule has 104 valence electrons. The molecule has 0 aliphatic heterocycles. The molecule has 3 nitrogen and oxygen atoms in total. The number of rotatable bonds is 3. The van der Waals surface area contributed by atoms with Gasteiger partial charge in [-0.15, -0.1) is 11.3 Å². The van der Waals surface area contributed by atoms with Gasteiger partial charge in [0.05, 0.1) is 10.7 Å². The highest BCUT2D eigenvalue weighted by Crippen LogP contribution is 2.51. The van der Waals surface area contributed by atoms with Gasteiger partial charge in [0.1, 0.15) is 0 Å². The van der Waals surface area contributed by atoms with Crippen molar-refractivity contribution in [2.75, 3.05) is 6.54 Å². The van der Waals surface area contributed by atoms with Crippen molar-refractivity contribution >= 4 is 17.2 Å². The summed E-state index contributed by atoms with van der Waals surface area (Å²) < 4.78 is 0. The van der Waals surface area contributed by atoms with E-state index in [1.807, 2.05) is 11.3 Å². The molecule has 1 fully saturated rings. The van der Waals surface area contributed by atoms with E-state index >= 15 is 0 Å². The Morgan fingerprint density at radius 2 is 2.26 bits per heavy atom. The van der Waals surface area contributed by atoms with Gasteiger partial charge in [-0.25, -0.2) is 4.98 Å². The standard InChI is InChI=1S/C15H22N2OS/c1-9-17-13-10(5-4-6-12(13)19-9)8-16-14(18)11-7-15(11,2)3/h10-11H,4-8H2,1-3H3,(H,16,18). The molecular formula is C15H22N2OS. The van der Waals surface area contributed by atoms with Gasteiger partial charge in [0.25, 0.3) is 0 Å². The molecule has 1 heterocycles. The Kier molecular flexibility index (Phi) is 3.16. The molecule has 0 radical (unpaired) electrons. The van der Waals surface area contributed by atoms with Crippen LogP contribution in [0.2, 0.25) is 0 Å². The molecule has 3 rings (SSSR count). The molecule has 0 bridgehead atoms. The summed E-state index contributed by atoms with van der Waals surface area (Å²) in [6.45, 7) is 7.17. The van der Waals surface area contributed by atoms with E-state index in [1.165, 1.54) is 23.4 Å². The lowest BCUT2D eigenvalue weighted by Gasteiger charge is -2.21. The second-order valence-corrected chi connectivity index (χ2v) is 7.91. The zero-order valence-electron chi connectivity index (χ0n) is 12.0. The molecule has 1 aromatic rings. The summed E-state index contributed by atoms with van der Waals surface area (Å²) in [5.41, 5.74) is 1.48. The maximum absolute atomic E-state index is 12.1. The summed E-state index contributed by atoms with van der Waals surface area (Å²) in [5.74, 6) is 0.899. The highest BCUT2D eigenvalue weighted by atomic mass is 32.1. The molecule has 1 aromatic heterocycles. The van der Waals surface area contributed by atoms with Crippen molar-refractivity contribution in [3.05, 3.63) is 15.6 Å². The number of nitrogens with zero attached hydrogens (tertiary/aromatic N) is 1. The molecule has 0 saturated heterocycles. The van der Waals surface area contributed by atoms with Crippen LogP contribution in [0.4, 0.5) is 0 Å². The van der Waals surface area contributed by atoms with E-state index in [0.717, 1.165) is 24.4 Å². The topological polar surface area (TPSA) is 42.0 Å². The Balaban J connectivity index is 1.61. The third kappa shape index (κ3) is 2.55. The fourth-order valence-corrected chi connectivity index (χ4v) is 4.15. The minimum absolute atomic E-state index is 0.221. The molecule has 1 N–H and O–H groups in total. The highest BCUT2D eigenvalue weighted by Gasteiger charge is 2.50. The first kappa shape index (κ1) is 13.1. The molecule has 1 amide bonds. The van der Waals surface area contributed by atoms with Crippen molar-refractivity contribution in [1.82, 2.24) is 10.3 Å². The molecule has 0 spiro atoms. The van der Waals surface area contributed by atoms with Gasteiger partial charge >= 0.3 is 0 Å². The predicted octanol–water partition coefficient (Wildman–Crippen LogP) is 3.03. The zero-order chi connectivity index (χ0) is 13.6. The molecule has 2 unspecified atom stereocenters. The van der Waals surface area contributed by atoms with Gasteiger partial charge in [-0.1, -0.05) is 13.8 Å². The molecule has 2 aliphatic carbocycles. The van der Waals surface area contributed by atoms with E-state index in [9.17, 15) is 4.79 Å². The lowest BCUT2D eigenvalue weighted by molar-refractivity contribution is -0.123. The molecular weight excluding hydrogens is 256 g/mol. The fourth-order valence-electron chi connectivity index (χ4n) is 3.09. The van der Waals surface area contributed by atoms with Crippen molar-refractivity contribution in [2.45, 2.75) is 52.4 Å². The maximum Gasteiger partial charge on any atom is 0.223 e. The molecule has 2 aliphatic rings. The average Bonchev–Trinajstić information content (AvgIpc) is 2.81. The van der Waals surface area contributed by atoms with Crippen LogP contribution in [0, 0.1) is 18.3 Å². The van der Waals surface area contributed by atoms with Gasteiger partial charge in [0.15, 0.2) is 0 Å². The average molecular weight is 278 g/mol. The van der Waals surface area contributed by atoms with Crippen LogP contribution in [0.15, 0.2) is 0 Å². The van der Waals surface area contributed by atoms with Gasteiger partial charge in [-0.05, 0) is 38.0 Å². The van der Waals surface area contributed by atoms with Crippen molar-refractivity contribution in [1.29, 1.82) is 0 Å². The number of nitrogens with one attached hydrogen (secondary N) is 1. The number of hydrogen-bond donors (Lipinski definition) is 1. The lowest BCUT2D eigenvalue weighted by Crippen LogP contribution is -2.32. The van der Waals surface area contributed by atoms with Crippen molar-refractivity contribution < 1.29 is 4.79 Å². The smallest absolute Gasteiger partial charge is 0.223 e. The zero-order valence-corrected chi connectivity index (χ0v) is 12.8. The Morgan fingerprint density at radius 3 is 2.95 bits per heavy atom. The van der Waals surface area contributed by atoms with Gasteiger partial charge < -0.3 is 5.32 Å². The van der Waals surface area contributed by atoms with E-state index in [2.05, 4.69) is 31.1 Å². The van der Waals surface area contributed by atoms with Crippen molar-refractivity contribution in [3.8, 4) is 0 Å². The van der Waals surface area contributed by atoms with Gasteiger partial charge in [0.2, 0.25) is 5.91 Å². The minimum Gasteiger partial charge on any atom is -0.355 e. The van der Waals surface area contributed by atoms with E-state index in [1.54, 1.807) is 0 Å². The van der Waals surface area contributed by atoms with Crippen LogP contribution < -0.4 is 5.32 Å². The normalized spacial score (nSPS) is 27.7. The highest BCUT2D eigenvalue weighted by molar-refractivity contribution is 7.11. The van der Waals surface area contributed by atoms with Crippen molar-refractivity contribution in [2.24, 2.45) is 11.3 Å². The van der Waals surface area contributed by atoms with E-state index in [4.69, 9.17) is 0 Å². The number of aromatic nitrogens is 1. The van der Waals surface area contributed by atoms with Gasteiger partial charge in [0, 0.05) is 23.3 Å². The summed E-state index contributed by atoms with van der Waals surface area (Å²) in [5, 5.41) is 4.30. The second-order valence-electron chi connectivity index (χ2n) is 6.62. The van der Waals surface area contributed by atoms with Crippen molar-refractivity contribution in [3.63, 3.8) is 0 Å². The molecule has 2 atom stereocenters. The Bertz CT molecular complexity index is 506. The van der Waals surface area contributed by atoms with Crippen LogP contribution in [-0.4, -0.2) is 17.4 Å². The van der Waals surface area contributed by atoms with E-state index in [0.29, 0.717) is 5.92 Å². The Hall–Kier alpha value is -0.900. The van der Waals surface area contributed by atoms with Crippen LogP contribution in [-0.2, 0) is 11.2 Å². The van der Waals surface area contributed by atoms with Gasteiger partial charge in [-0.2, -0.15) is 0 Å². The first-order valence-corrected chi connectivity index (χ1v) is 8.03. The van der Waals surface area contributed by atoms with Crippen LogP contribution >= 0.6 is 11.3 Å². The summed E-state index contributed by atoms with van der Waals surface area (Å²) in [4.78, 5) is 18.2. The van der Waals surface area contributed by atoms with Crippen LogP contribution in [0.1, 0.15) is 54.6 Å². The summed E-state index contributed by atoms with van der Waals surface area (Å²) in [7, 11) is 0. The summed E-state index contributed by atoms with van der Waals surface area (Å²) in [6.07, 6.45) is 4.58. The predicted molar refractivity (Wildman–Crippen MR) is 77.4 cm³/mol. The Labute approximate surface area is 118 Å². The SMILES string of the molecule is Cc1nc2c(s1)CCCC2CNC(=O)C1CC1(C)C. The maximum atomic E-state index is 12.1. The number of aryl methyl sites for hydroxylation is 2. The van der Waals surface area contributed by atoms with E-state index in [-0.39, 0.29) is 17.2 Å². The third-order valence-corrected chi connectivity index (χ3v) is 5.58. The Morgan fingerprint density at radius 1 is 1.53 bits per heavy atom. The molecule has 1 saturated carbocycles. The fraction of sp³-hybridized carbons (Fsp3) is 0.733. The molecule has 19 heavy (non-hydrogen) atoms. The molecule has 4 heteroatoms. The lowest BCUT2D eigenvalue weighted by atomic mass is 9.91. The summed E-state index contributed by atoms with van der Waals surface area (Å²) >= 11 is 1.82. The van der Waals surface area contributed by atoms with Crippen LogP contribution in [0.5, 0.6) is 0 Å².